The maximum Gasteiger partial charge on any atom is 0.268 e. The molecule has 0 spiro atoms. The number of nitrogens with zero attached hydrogens (tertiary/aromatic N) is 4. The van der Waals surface area contributed by atoms with Gasteiger partial charge in [0.2, 0.25) is 0 Å². The third-order valence-electron chi connectivity index (χ3n) is 7.58. The van der Waals surface area contributed by atoms with Crippen LogP contribution in [0, 0.1) is 25.2 Å². The molecule has 0 unspecified atom stereocenters. The molecule has 12 nitrogen and oxygen atoms in total. The number of carbonyl (C=O) groups excluding carboxylic acids is 2. The first-order valence-corrected chi connectivity index (χ1v) is 16.3. The Morgan fingerprint density at radius 2 is 1.49 bits per heavy atom. The van der Waals surface area contributed by atoms with E-state index in [1.54, 1.807) is 52.7 Å². The highest BCUT2D eigenvalue weighted by Gasteiger charge is 2.21. The van der Waals surface area contributed by atoms with E-state index in [0.29, 0.717) is 80.9 Å². The van der Waals surface area contributed by atoms with Crippen LogP contribution in [0.25, 0.3) is 22.6 Å². The Bertz CT molecular complexity index is 1790. The minimum absolute atomic E-state index is 0.0144. The summed E-state index contributed by atoms with van der Waals surface area (Å²) in [5, 5.41) is 16.5. The monoisotopic (exact) mass is 669 g/mol. The molecule has 258 valence electrons. The number of aromatic nitrogens is 3. The summed E-state index contributed by atoms with van der Waals surface area (Å²) in [7, 11) is 0. The van der Waals surface area contributed by atoms with Gasteiger partial charge in [0.25, 0.3) is 11.5 Å². The Balaban J connectivity index is 1.33. The van der Waals surface area contributed by atoms with Gasteiger partial charge in [-0.15, -0.1) is 0 Å². The van der Waals surface area contributed by atoms with Crippen molar-refractivity contribution < 1.29 is 28.5 Å². The number of benzene rings is 2. The number of hydrogen-bond donors (Lipinski definition) is 1. The third-order valence-corrected chi connectivity index (χ3v) is 7.58. The third kappa shape index (κ3) is 10.8. The van der Waals surface area contributed by atoms with Crippen LogP contribution in [0.1, 0.15) is 46.9 Å². The van der Waals surface area contributed by atoms with Gasteiger partial charge in [-0.2, -0.15) is 10.4 Å². The van der Waals surface area contributed by atoms with Gasteiger partial charge in [-0.3, -0.25) is 14.2 Å². The first kappa shape index (κ1) is 36.9. The zero-order valence-corrected chi connectivity index (χ0v) is 28.3. The standard InChI is InChI=1S/C37H43N5O7/c1-27-6-4-8-32(24-27)41-29(3)33(35-13-14-40-42(35)31-11-9-30(26-38)10-12-31)25-34(37(41)45)36(44)39-15-17-47-19-21-49-23-22-48-20-18-46-16-5-7-28(2)43/h4,6,8-14,24-25H,5,7,15-23H2,1-3H3,(H,39,44). The van der Waals surface area contributed by atoms with Crippen molar-refractivity contribution in [2.75, 3.05) is 59.4 Å². The number of ether oxygens (including phenoxy) is 4. The number of Topliss-reactive ketones (excluding diaryl/α,β-unsaturated/α-hetero) is 1. The summed E-state index contributed by atoms with van der Waals surface area (Å²) >= 11 is 0. The van der Waals surface area contributed by atoms with Crippen molar-refractivity contribution in [1.82, 2.24) is 19.7 Å². The molecule has 0 radical (unpaired) electrons. The highest BCUT2D eigenvalue weighted by Crippen LogP contribution is 2.27. The molecule has 1 N–H and O–H groups in total. The quantitative estimate of drug-likeness (QED) is 0.136. The van der Waals surface area contributed by atoms with Crippen molar-refractivity contribution in [2.45, 2.75) is 33.6 Å². The van der Waals surface area contributed by atoms with E-state index < -0.39 is 11.5 Å². The number of ketones is 1. The average Bonchev–Trinajstić information content (AvgIpc) is 3.58. The van der Waals surface area contributed by atoms with Crippen LogP contribution in [-0.4, -0.2) is 85.4 Å². The van der Waals surface area contributed by atoms with Gasteiger partial charge in [-0.25, -0.2) is 4.68 Å². The molecular formula is C37H43N5O7. The molecule has 0 fully saturated rings. The van der Waals surface area contributed by atoms with Gasteiger partial charge in [-0.1, -0.05) is 12.1 Å². The summed E-state index contributed by atoms with van der Waals surface area (Å²) in [6.07, 6.45) is 2.90. The van der Waals surface area contributed by atoms with E-state index in [1.165, 1.54) is 0 Å². The van der Waals surface area contributed by atoms with Crippen molar-refractivity contribution in [1.29, 1.82) is 5.26 Å². The lowest BCUT2D eigenvalue weighted by molar-refractivity contribution is -0.117. The maximum atomic E-state index is 13.8. The van der Waals surface area contributed by atoms with Crippen LogP contribution in [0.4, 0.5) is 0 Å². The van der Waals surface area contributed by atoms with Crippen LogP contribution in [0.15, 0.2) is 71.7 Å². The molecule has 0 aliphatic heterocycles. The van der Waals surface area contributed by atoms with Crippen LogP contribution in [0.2, 0.25) is 0 Å². The number of amides is 1. The fourth-order valence-corrected chi connectivity index (χ4v) is 5.11. The summed E-state index contributed by atoms with van der Waals surface area (Å²) in [6, 6.07) is 20.1. The highest BCUT2D eigenvalue weighted by molar-refractivity contribution is 5.95. The van der Waals surface area contributed by atoms with Gasteiger partial charge in [0.1, 0.15) is 11.3 Å². The Morgan fingerprint density at radius 1 is 0.837 bits per heavy atom. The summed E-state index contributed by atoms with van der Waals surface area (Å²) in [6.45, 7) is 8.82. The van der Waals surface area contributed by atoms with E-state index in [0.717, 1.165) is 17.7 Å². The van der Waals surface area contributed by atoms with Gasteiger partial charge >= 0.3 is 0 Å². The van der Waals surface area contributed by atoms with Crippen LogP contribution in [0.5, 0.6) is 0 Å². The number of rotatable bonds is 20. The Hall–Kier alpha value is -4.93. The van der Waals surface area contributed by atoms with E-state index in [2.05, 4.69) is 16.5 Å². The van der Waals surface area contributed by atoms with Gasteiger partial charge in [0.05, 0.1) is 75.5 Å². The van der Waals surface area contributed by atoms with Crippen LogP contribution in [0.3, 0.4) is 0 Å². The molecule has 2 heterocycles. The van der Waals surface area contributed by atoms with Gasteiger partial charge < -0.3 is 29.1 Å². The SMILES string of the molecule is CC(=O)CCCOCCOCCOCCOCCNC(=O)c1cc(-c2ccnn2-c2ccc(C#N)cc2)c(C)n(-c2cccc(C)c2)c1=O. The topological polar surface area (TPSA) is 147 Å². The van der Waals surface area contributed by atoms with E-state index in [4.69, 9.17) is 18.9 Å². The fraction of sp³-hybridized carbons (Fsp3) is 0.378. The summed E-state index contributed by atoms with van der Waals surface area (Å²) < 4.78 is 25.2. The van der Waals surface area contributed by atoms with Gasteiger partial charge in [0.15, 0.2) is 0 Å². The molecular weight excluding hydrogens is 626 g/mol. The second-order valence-electron chi connectivity index (χ2n) is 11.3. The number of nitriles is 1. The lowest BCUT2D eigenvalue weighted by Crippen LogP contribution is -2.35. The summed E-state index contributed by atoms with van der Waals surface area (Å²) in [5.41, 5.74) is 4.40. The summed E-state index contributed by atoms with van der Waals surface area (Å²) in [5.74, 6) is -0.355. The molecule has 0 bridgehead atoms. The molecule has 0 saturated heterocycles. The molecule has 2 aromatic carbocycles. The van der Waals surface area contributed by atoms with E-state index >= 15 is 0 Å². The molecule has 0 atom stereocenters. The van der Waals surface area contributed by atoms with Gasteiger partial charge in [0, 0.05) is 36.5 Å². The average molecular weight is 670 g/mol. The highest BCUT2D eigenvalue weighted by atomic mass is 16.6. The zero-order valence-electron chi connectivity index (χ0n) is 28.3. The van der Waals surface area contributed by atoms with E-state index in [9.17, 15) is 19.6 Å². The molecule has 1 amide bonds. The first-order chi connectivity index (χ1) is 23.8. The number of carbonyl (C=O) groups is 2. The number of pyridine rings is 1. The number of aryl methyl sites for hydroxylation is 1. The first-order valence-electron chi connectivity index (χ1n) is 16.3. The lowest BCUT2D eigenvalue weighted by atomic mass is 10.0. The summed E-state index contributed by atoms with van der Waals surface area (Å²) in [4.78, 5) is 38.2. The Labute approximate surface area is 286 Å². The second-order valence-corrected chi connectivity index (χ2v) is 11.3. The van der Waals surface area contributed by atoms with Crippen LogP contribution in [-0.2, 0) is 23.7 Å². The molecule has 0 aliphatic carbocycles. The molecule has 12 heteroatoms. The van der Waals surface area contributed by atoms with Crippen molar-refractivity contribution >= 4 is 11.7 Å². The molecule has 2 aromatic heterocycles. The Morgan fingerprint density at radius 3 is 2.12 bits per heavy atom. The van der Waals surface area contributed by atoms with Crippen molar-refractivity contribution in [2.24, 2.45) is 0 Å². The van der Waals surface area contributed by atoms with Crippen LogP contribution >= 0.6 is 0 Å². The van der Waals surface area contributed by atoms with E-state index in [-0.39, 0.29) is 24.5 Å². The predicted molar refractivity (Wildman–Crippen MR) is 184 cm³/mol. The minimum atomic E-state index is -0.517. The maximum absolute atomic E-state index is 13.8. The van der Waals surface area contributed by atoms with Gasteiger partial charge in [-0.05, 0) is 81.3 Å². The molecule has 4 rings (SSSR count). The molecule has 0 aliphatic rings. The Kier molecular flexibility index (Phi) is 14.4. The van der Waals surface area contributed by atoms with Crippen molar-refractivity contribution in [3.8, 4) is 28.7 Å². The van der Waals surface area contributed by atoms with Crippen molar-refractivity contribution in [3.63, 3.8) is 0 Å². The second kappa shape index (κ2) is 19.2. The normalized spacial score (nSPS) is 11.0. The number of hydrogen-bond acceptors (Lipinski definition) is 9. The number of nitrogens with one attached hydrogen (secondary N) is 1. The zero-order chi connectivity index (χ0) is 35.0. The molecule has 49 heavy (non-hydrogen) atoms. The van der Waals surface area contributed by atoms with Crippen LogP contribution < -0.4 is 10.9 Å². The fourth-order valence-electron chi connectivity index (χ4n) is 5.11. The largest absolute Gasteiger partial charge is 0.379 e. The minimum Gasteiger partial charge on any atom is -0.379 e. The smallest absolute Gasteiger partial charge is 0.268 e. The molecule has 0 saturated carbocycles. The predicted octanol–water partition coefficient (Wildman–Crippen LogP) is 4.34. The van der Waals surface area contributed by atoms with E-state index in [1.807, 2.05) is 44.2 Å². The lowest BCUT2D eigenvalue weighted by Gasteiger charge is -2.18. The van der Waals surface area contributed by atoms with Crippen molar-refractivity contribution in [3.05, 3.63) is 99.6 Å². The molecule has 4 aromatic rings.